The molecular weight excluding hydrogens is 272 g/mol. The van der Waals surface area contributed by atoms with Crippen LogP contribution >= 0.6 is 0 Å². The van der Waals surface area contributed by atoms with E-state index >= 15 is 0 Å². The number of nitrogens with two attached hydrogens (primary N) is 2. The van der Waals surface area contributed by atoms with Gasteiger partial charge >= 0.3 is 6.15 Å². The van der Waals surface area contributed by atoms with Gasteiger partial charge in [0.15, 0.2) is 0 Å². The van der Waals surface area contributed by atoms with E-state index < -0.39 is 5.97 Å². The number of unbranched alkanes of at least 4 members (excludes halogenated alkanes) is 4. The van der Waals surface area contributed by atoms with E-state index in [1.165, 1.54) is 25.7 Å². The Kier molecular flexibility index (Phi) is 48.5. The molecule has 0 saturated heterocycles. The maximum absolute atomic E-state index is 9.76. The highest BCUT2D eigenvalue weighted by atomic mass is 16.4. The van der Waals surface area contributed by atoms with Gasteiger partial charge in [0.2, 0.25) is 0 Å². The van der Waals surface area contributed by atoms with Crippen molar-refractivity contribution in [2.24, 2.45) is 11.5 Å². The lowest BCUT2D eigenvalue weighted by Crippen LogP contribution is -2.21. The van der Waals surface area contributed by atoms with Crippen LogP contribution in [0.5, 0.6) is 0 Å². The van der Waals surface area contributed by atoms with Crippen molar-refractivity contribution >= 4 is 12.1 Å². The van der Waals surface area contributed by atoms with Gasteiger partial charge in [0.05, 0.1) is 0 Å². The standard InChI is InChI=1S/C6H12O2.2C4H11N.CO2/c1-2-3-4-5-6(7)8;2*1-2-3-4-5;2-1-3/h2-5H2,1H3,(H,7,8);2*2-5H2,1H3;/p-1. The van der Waals surface area contributed by atoms with Crippen LogP contribution in [0.3, 0.4) is 0 Å². The molecular formula is C15H33N2O4-. The molecule has 0 aliphatic heterocycles. The van der Waals surface area contributed by atoms with Crippen LogP contribution in [0.2, 0.25) is 0 Å². The Morgan fingerprint density at radius 1 is 0.857 bits per heavy atom. The summed E-state index contributed by atoms with van der Waals surface area (Å²) in [6.07, 6.45) is 8.06. The van der Waals surface area contributed by atoms with E-state index in [1.807, 2.05) is 6.92 Å². The van der Waals surface area contributed by atoms with E-state index in [1.54, 1.807) is 0 Å². The third-order valence-electron chi connectivity index (χ3n) is 2.10. The summed E-state index contributed by atoms with van der Waals surface area (Å²) in [5, 5.41) is 9.76. The number of aliphatic carboxylic acids is 1. The minimum atomic E-state index is -0.932. The number of rotatable bonds is 8. The van der Waals surface area contributed by atoms with E-state index in [4.69, 9.17) is 21.1 Å². The van der Waals surface area contributed by atoms with Crippen LogP contribution in [0.1, 0.15) is 72.1 Å². The zero-order chi connectivity index (χ0) is 17.4. The van der Waals surface area contributed by atoms with E-state index in [0.717, 1.165) is 32.4 Å². The average molecular weight is 305 g/mol. The van der Waals surface area contributed by atoms with Crippen molar-refractivity contribution in [3.63, 3.8) is 0 Å². The minimum absolute atomic E-state index is 0.216. The zero-order valence-corrected chi connectivity index (χ0v) is 13.9. The molecule has 0 unspecified atom stereocenters. The zero-order valence-electron chi connectivity index (χ0n) is 13.9. The van der Waals surface area contributed by atoms with Crippen molar-refractivity contribution in [1.82, 2.24) is 0 Å². The van der Waals surface area contributed by atoms with E-state index in [9.17, 15) is 9.90 Å². The molecule has 21 heavy (non-hydrogen) atoms. The van der Waals surface area contributed by atoms with Crippen LogP contribution in [0.4, 0.5) is 0 Å². The number of carboxylic acids is 1. The van der Waals surface area contributed by atoms with Gasteiger partial charge < -0.3 is 21.4 Å². The summed E-state index contributed by atoms with van der Waals surface area (Å²) in [6, 6.07) is 0. The van der Waals surface area contributed by atoms with E-state index in [0.29, 0.717) is 0 Å². The van der Waals surface area contributed by atoms with Gasteiger partial charge in [-0.05, 0) is 38.8 Å². The number of hydrogen-bond donors (Lipinski definition) is 2. The predicted molar refractivity (Wildman–Crippen MR) is 82.1 cm³/mol. The van der Waals surface area contributed by atoms with E-state index in [2.05, 4.69) is 13.8 Å². The first-order valence-electron chi connectivity index (χ1n) is 7.61. The molecule has 0 aromatic carbocycles. The number of carboxylic acid groups (broad SMARTS) is 1. The van der Waals surface area contributed by atoms with Crippen LogP contribution in [0.25, 0.3) is 0 Å². The topological polar surface area (TPSA) is 126 Å². The molecule has 0 aromatic heterocycles. The maximum atomic E-state index is 9.76. The number of carbonyl (C=O) groups is 1. The third-order valence-corrected chi connectivity index (χ3v) is 2.10. The van der Waals surface area contributed by atoms with Gasteiger partial charge in [0.1, 0.15) is 0 Å². The highest BCUT2D eigenvalue weighted by Crippen LogP contribution is 1.96. The first-order valence-corrected chi connectivity index (χ1v) is 7.61. The summed E-state index contributed by atoms with van der Waals surface area (Å²) in [5.41, 5.74) is 10.3. The Morgan fingerprint density at radius 3 is 1.33 bits per heavy atom. The Bertz CT molecular complexity index is 196. The van der Waals surface area contributed by atoms with Crippen LogP contribution in [-0.2, 0) is 14.4 Å². The lowest BCUT2D eigenvalue weighted by atomic mass is 10.2. The van der Waals surface area contributed by atoms with Crippen molar-refractivity contribution < 1.29 is 19.5 Å². The second kappa shape index (κ2) is 36.3. The lowest BCUT2D eigenvalue weighted by molar-refractivity contribution is -0.305. The molecule has 0 fully saturated rings. The highest BCUT2D eigenvalue weighted by Gasteiger charge is 1.84. The normalized spacial score (nSPS) is 7.86. The highest BCUT2D eigenvalue weighted by molar-refractivity contribution is 5.63. The molecule has 0 atom stereocenters. The third kappa shape index (κ3) is 87.4. The summed E-state index contributed by atoms with van der Waals surface area (Å²) in [5.74, 6) is -0.932. The van der Waals surface area contributed by atoms with Crippen molar-refractivity contribution in [2.45, 2.75) is 72.1 Å². The predicted octanol–water partition coefficient (Wildman–Crippen LogP) is 1.22. The minimum Gasteiger partial charge on any atom is -0.550 e. The monoisotopic (exact) mass is 305 g/mol. The Morgan fingerprint density at radius 2 is 1.19 bits per heavy atom. The molecule has 6 nitrogen and oxygen atoms in total. The fraction of sp³-hybridized carbons (Fsp3) is 0.867. The molecule has 128 valence electrons. The SMILES string of the molecule is CCCCCC(=O)[O-].CCCCN.CCCCN.O=C=O. The molecule has 0 heterocycles. The molecule has 6 heteroatoms. The molecule has 0 amide bonds. The van der Waals surface area contributed by atoms with Gasteiger partial charge in [-0.15, -0.1) is 0 Å². The largest absolute Gasteiger partial charge is 0.550 e. The van der Waals surface area contributed by atoms with Gasteiger partial charge in [-0.1, -0.05) is 46.5 Å². The molecule has 0 radical (unpaired) electrons. The molecule has 0 aromatic rings. The first kappa shape index (κ1) is 28.0. The summed E-state index contributed by atoms with van der Waals surface area (Å²) in [7, 11) is 0. The molecule has 0 aliphatic rings. The Hall–Kier alpha value is -1.23. The second-order valence-electron chi connectivity index (χ2n) is 4.20. The van der Waals surface area contributed by atoms with E-state index in [-0.39, 0.29) is 12.6 Å². The van der Waals surface area contributed by atoms with Crippen LogP contribution in [-0.4, -0.2) is 25.2 Å². The molecule has 0 saturated carbocycles. The molecule has 0 rings (SSSR count). The Balaban J connectivity index is -0.0000000977. The molecule has 0 spiro atoms. The number of carbonyl (C=O) groups excluding carboxylic acids is 3. The fourth-order valence-corrected chi connectivity index (χ4v) is 0.928. The Labute approximate surface area is 129 Å². The smallest absolute Gasteiger partial charge is 0.373 e. The quantitative estimate of drug-likeness (QED) is 0.649. The van der Waals surface area contributed by atoms with Gasteiger partial charge in [-0.2, -0.15) is 9.59 Å². The summed E-state index contributed by atoms with van der Waals surface area (Å²) in [4.78, 5) is 26.0. The van der Waals surface area contributed by atoms with Crippen molar-refractivity contribution in [1.29, 1.82) is 0 Å². The van der Waals surface area contributed by atoms with Crippen molar-refractivity contribution in [3.8, 4) is 0 Å². The molecule has 0 bridgehead atoms. The van der Waals surface area contributed by atoms with Crippen LogP contribution in [0.15, 0.2) is 0 Å². The molecule has 0 aliphatic carbocycles. The average Bonchev–Trinajstić information content (AvgIpc) is 2.43. The van der Waals surface area contributed by atoms with Gasteiger partial charge in [-0.3, -0.25) is 0 Å². The van der Waals surface area contributed by atoms with Gasteiger partial charge in [0.25, 0.3) is 0 Å². The summed E-state index contributed by atoms with van der Waals surface area (Å²) >= 11 is 0. The number of hydrogen-bond acceptors (Lipinski definition) is 6. The van der Waals surface area contributed by atoms with Gasteiger partial charge in [0, 0.05) is 5.97 Å². The van der Waals surface area contributed by atoms with Crippen LogP contribution < -0.4 is 16.6 Å². The lowest BCUT2D eigenvalue weighted by Gasteiger charge is -1.97. The fourth-order valence-electron chi connectivity index (χ4n) is 0.928. The second-order valence-corrected chi connectivity index (χ2v) is 4.20. The van der Waals surface area contributed by atoms with Crippen LogP contribution in [0, 0.1) is 0 Å². The van der Waals surface area contributed by atoms with Gasteiger partial charge in [-0.25, -0.2) is 0 Å². The van der Waals surface area contributed by atoms with Crippen molar-refractivity contribution in [2.75, 3.05) is 13.1 Å². The summed E-state index contributed by atoms with van der Waals surface area (Å²) in [6.45, 7) is 7.99. The summed E-state index contributed by atoms with van der Waals surface area (Å²) < 4.78 is 0. The first-order chi connectivity index (χ1) is 10.0. The molecule has 4 N–H and O–H groups in total. The maximum Gasteiger partial charge on any atom is 0.373 e. The van der Waals surface area contributed by atoms with Crippen molar-refractivity contribution in [3.05, 3.63) is 0 Å².